The second kappa shape index (κ2) is 14.4. The minimum Gasteiger partial charge on any atom is -0.494 e. The number of carbonyl (C=O) groups excluding carboxylic acids is 3. The Morgan fingerprint density at radius 3 is 2.54 bits per heavy atom. The van der Waals surface area contributed by atoms with Crippen LogP contribution in [0.4, 0.5) is 21.6 Å². The standard InChI is InChI=1S/C32H36FN9O4/c1-17-7-10-23(38-24-12-26(39-31(44)19-8-9-19)40-41-29(24)32(45)36-4)30(46-6)27(17)20-11-22(33)28(37-14-20)25(16-43)42(5)15-21(13-35-3)18(2)34/h7,10-14,19H,8-9,15,34H2,1-6H3,(H,36,45)(H2,38,39,40,44)/b21-18+,35-13?. The first-order valence-corrected chi connectivity index (χ1v) is 14.4. The maximum atomic E-state index is 15.7. The molecule has 0 unspecified atom stereocenters. The van der Waals surface area contributed by atoms with E-state index in [1.807, 2.05) is 6.92 Å². The number of hydrogen-bond donors (Lipinski definition) is 4. The van der Waals surface area contributed by atoms with Crippen LogP contribution in [0, 0.1) is 18.7 Å². The summed E-state index contributed by atoms with van der Waals surface area (Å²) in [6.45, 7) is 3.71. The number of benzene rings is 1. The molecule has 46 heavy (non-hydrogen) atoms. The molecule has 0 radical (unpaired) electrons. The van der Waals surface area contributed by atoms with E-state index < -0.39 is 11.7 Å². The van der Waals surface area contributed by atoms with Gasteiger partial charge in [-0.3, -0.25) is 19.6 Å². The molecule has 5 N–H and O–H groups in total. The molecule has 4 rings (SSSR count). The van der Waals surface area contributed by atoms with E-state index in [0.29, 0.717) is 33.8 Å². The number of methoxy groups -OCH3 is 1. The van der Waals surface area contributed by atoms with Crippen molar-refractivity contribution in [3.05, 3.63) is 64.5 Å². The predicted molar refractivity (Wildman–Crippen MR) is 174 cm³/mol. The zero-order chi connectivity index (χ0) is 33.5. The summed E-state index contributed by atoms with van der Waals surface area (Å²) in [7, 11) is 6.12. The molecule has 0 aliphatic heterocycles. The van der Waals surface area contributed by atoms with E-state index in [1.54, 1.807) is 45.3 Å². The second-order valence-corrected chi connectivity index (χ2v) is 10.8. The average molecular weight is 630 g/mol. The van der Waals surface area contributed by atoms with Crippen LogP contribution in [0.3, 0.4) is 0 Å². The quantitative estimate of drug-likeness (QED) is 0.171. The lowest BCUT2D eigenvalue weighted by atomic mass is 9.98. The summed E-state index contributed by atoms with van der Waals surface area (Å²) in [5.74, 6) is 0.821. The maximum absolute atomic E-state index is 15.7. The van der Waals surface area contributed by atoms with Gasteiger partial charge in [0.2, 0.25) is 5.91 Å². The molecule has 2 aromatic heterocycles. The molecule has 13 nitrogen and oxygen atoms in total. The number of ether oxygens (including phenoxy) is 1. The van der Waals surface area contributed by atoms with Gasteiger partial charge in [-0.1, -0.05) is 6.07 Å². The minimum absolute atomic E-state index is 0.0153. The van der Waals surface area contributed by atoms with Gasteiger partial charge < -0.3 is 31.3 Å². The zero-order valence-electron chi connectivity index (χ0n) is 26.5. The van der Waals surface area contributed by atoms with Crippen LogP contribution in [0.5, 0.6) is 5.75 Å². The van der Waals surface area contributed by atoms with Gasteiger partial charge in [0, 0.05) is 74.5 Å². The van der Waals surface area contributed by atoms with Gasteiger partial charge in [-0.05, 0) is 44.4 Å². The molecule has 0 saturated heterocycles. The summed E-state index contributed by atoms with van der Waals surface area (Å²) in [6.07, 6.45) is 4.63. The molecule has 1 saturated carbocycles. The fourth-order valence-electron chi connectivity index (χ4n) is 4.72. The largest absolute Gasteiger partial charge is 0.494 e. The van der Waals surface area contributed by atoms with Crippen molar-refractivity contribution in [2.75, 3.05) is 45.4 Å². The first-order valence-electron chi connectivity index (χ1n) is 14.4. The first-order chi connectivity index (χ1) is 22.0. The SMILES string of the molecule is CN=C/C(CN(C)C(=C=O)c1ncc(-c2c(C)ccc(Nc3cc(NC(=O)C4CC4)nnc3C(=O)NC)c2OC)cc1F)=C(/C)N. The number of hydrogen-bond acceptors (Lipinski definition) is 11. The van der Waals surface area contributed by atoms with Crippen molar-refractivity contribution in [2.45, 2.75) is 26.7 Å². The highest BCUT2D eigenvalue weighted by atomic mass is 19.1. The molecular weight excluding hydrogens is 593 g/mol. The van der Waals surface area contributed by atoms with E-state index >= 15 is 4.39 Å². The lowest BCUT2D eigenvalue weighted by Crippen LogP contribution is -2.23. The molecule has 2 heterocycles. The van der Waals surface area contributed by atoms with Crippen LogP contribution in [0.25, 0.3) is 16.8 Å². The van der Waals surface area contributed by atoms with Gasteiger partial charge >= 0.3 is 0 Å². The third kappa shape index (κ3) is 7.36. The van der Waals surface area contributed by atoms with Crippen LogP contribution in [0.15, 0.2) is 46.7 Å². The van der Waals surface area contributed by atoms with Gasteiger partial charge in [-0.25, -0.2) is 9.18 Å². The summed E-state index contributed by atoms with van der Waals surface area (Å²) in [5, 5.41) is 16.5. The predicted octanol–water partition coefficient (Wildman–Crippen LogP) is 3.48. The van der Waals surface area contributed by atoms with E-state index in [9.17, 15) is 14.4 Å². The van der Waals surface area contributed by atoms with Gasteiger partial charge in [-0.2, -0.15) is 0 Å². The van der Waals surface area contributed by atoms with E-state index in [2.05, 4.69) is 36.1 Å². The third-order valence-electron chi connectivity index (χ3n) is 7.31. The number of carbonyl (C=O) groups is 2. The molecular formula is C32H36FN9O4. The first kappa shape index (κ1) is 33.3. The normalized spacial score (nSPS) is 13.0. The zero-order valence-corrected chi connectivity index (χ0v) is 26.5. The van der Waals surface area contributed by atoms with E-state index in [4.69, 9.17) is 10.5 Å². The van der Waals surface area contributed by atoms with Crippen LogP contribution >= 0.6 is 0 Å². The highest BCUT2D eigenvalue weighted by Gasteiger charge is 2.30. The highest BCUT2D eigenvalue weighted by Crippen LogP contribution is 2.41. The number of aliphatic imine (C=N–C) groups is 1. The Kier molecular flexibility index (Phi) is 10.4. The topological polar surface area (TPSA) is 177 Å². The molecule has 1 aromatic carbocycles. The number of nitrogens with one attached hydrogen (secondary N) is 3. The number of aryl methyl sites for hydroxylation is 1. The summed E-state index contributed by atoms with van der Waals surface area (Å²) in [4.78, 5) is 46.7. The molecule has 0 atom stereocenters. The van der Waals surface area contributed by atoms with Gasteiger partial charge in [0.25, 0.3) is 5.91 Å². The Labute approximate surface area is 265 Å². The molecule has 240 valence electrons. The van der Waals surface area contributed by atoms with Crippen LogP contribution in [-0.4, -0.2) is 78.8 Å². The number of nitrogens with zero attached hydrogens (tertiary/aromatic N) is 5. The number of anilines is 3. The summed E-state index contributed by atoms with van der Waals surface area (Å²) in [5.41, 5.74) is 9.12. The number of rotatable bonds is 12. The molecule has 14 heteroatoms. The number of allylic oxidation sites excluding steroid dienone is 1. The lowest BCUT2D eigenvalue weighted by molar-refractivity contribution is -0.117. The lowest BCUT2D eigenvalue weighted by Gasteiger charge is -2.21. The maximum Gasteiger partial charge on any atom is 0.273 e. The van der Waals surface area contributed by atoms with Crippen LogP contribution < -0.4 is 26.4 Å². The Hall–Kier alpha value is -5.62. The van der Waals surface area contributed by atoms with Crippen LogP contribution in [0.1, 0.15) is 41.5 Å². The van der Waals surface area contributed by atoms with Gasteiger partial charge in [0.05, 0.1) is 18.5 Å². The van der Waals surface area contributed by atoms with Crippen LogP contribution in [-0.2, 0) is 9.59 Å². The van der Waals surface area contributed by atoms with Crippen molar-refractivity contribution in [3.8, 4) is 16.9 Å². The molecule has 3 aromatic rings. The number of nitrogens with two attached hydrogens (primary N) is 1. The number of pyridine rings is 1. The van der Waals surface area contributed by atoms with Gasteiger partial charge in [0.1, 0.15) is 11.4 Å². The second-order valence-electron chi connectivity index (χ2n) is 10.8. The minimum atomic E-state index is -0.752. The smallest absolute Gasteiger partial charge is 0.273 e. The molecule has 1 aliphatic carbocycles. The molecule has 0 bridgehead atoms. The summed E-state index contributed by atoms with van der Waals surface area (Å²) < 4.78 is 21.5. The summed E-state index contributed by atoms with van der Waals surface area (Å²) >= 11 is 0. The number of likely N-dealkylation sites (N-methyl/N-ethyl adjacent to an activating group) is 1. The van der Waals surface area contributed by atoms with Crippen molar-refractivity contribution in [2.24, 2.45) is 16.6 Å². The van der Waals surface area contributed by atoms with E-state index in [-0.39, 0.29) is 47.0 Å². The molecule has 0 spiro atoms. The van der Waals surface area contributed by atoms with Crippen molar-refractivity contribution in [1.82, 2.24) is 25.4 Å². The number of amides is 2. The highest BCUT2D eigenvalue weighted by molar-refractivity contribution is 6.00. The Balaban J connectivity index is 1.71. The van der Waals surface area contributed by atoms with E-state index in [0.717, 1.165) is 18.4 Å². The molecule has 2 amide bonds. The Bertz CT molecular complexity index is 1780. The van der Waals surface area contributed by atoms with Gasteiger partial charge in [-0.15, -0.1) is 10.2 Å². The fraction of sp³-hybridized carbons (Fsp3) is 0.312. The van der Waals surface area contributed by atoms with Crippen molar-refractivity contribution in [3.63, 3.8) is 0 Å². The number of aromatic nitrogens is 3. The Morgan fingerprint density at radius 2 is 1.96 bits per heavy atom. The Morgan fingerprint density at radius 1 is 1.22 bits per heavy atom. The van der Waals surface area contributed by atoms with Gasteiger partial charge in [0.15, 0.2) is 29.0 Å². The van der Waals surface area contributed by atoms with Crippen molar-refractivity contribution in [1.29, 1.82) is 0 Å². The monoisotopic (exact) mass is 629 g/mol. The average Bonchev–Trinajstić information content (AvgIpc) is 3.88. The number of halogens is 1. The molecule has 1 aliphatic rings. The molecule has 1 fully saturated rings. The van der Waals surface area contributed by atoms with Crippen molar-refractivity contribution < 1.29 is 23.5 Å². The van der Waals surface area contributed by atoms with Crippen LogP contribution in [0.2, 0.25) is 0 Å². The third-order valence-corrected chi connectivity index (χ3v) is 7.31. The van der Waals surface area contributed by atoms with Crippen molar-refractivity contribution >= 4 is 46.9 Å². The van der Waals surface area contributed by atoms with E-state index in [1.165, 1.54) is 37.4 Å². The summed E-state index contributed by atoms with van der Waals surface area (Å²) in [6, 6.07) is 6.29. The fourth-order valence-corrected chi connectivity index (χ4v) is 4.72.